The fourth-order valence-corrected chi connectivity index (χ4v) is 1.50. The van der Waals surface area contributed by atoms with E-state index < -0.39 is 23.3 Å². The number of nitro benzene ring substituents is 1. The summed E-state index contributed by atoms with van der Waals surface area (Å²) in [5.41, 5.74) is 5.64. The highest BCUT2D eigenvalue weighted by atomic mass is 16.6. The highest BCUT2D eigenvalue weighted by Crippen LogP contribution is 2.12. The van der Waals surface area contributed by atoms with Crippen molar-refractivity contribution in [3.63, 3.8) is 0 Å². The number of nitro groups is 1. The molecule has 0 aromatic heterocycles. The Morgan fingerprint density at radius 3 is 2.48 bits per heavy atom. The van der Waals surface area contributed by atoms with Gasteiger partial charge in [0.15, 0.2) is 6.61 Å². The zero-order valence-electron chi connectivity index (χ0n) is 12.2. The lowest BCUT2D eigenvalue weighted by molar-refractivity contribution is -0.384. The second-order valence-corrected chi connectivity index (χ2v) is 4.38. The van der Waals surface area contributed by atoms with Crippen LogP contribution < -0.4 is 5.73 Å². The van der Waals surface area contributed by atoms with Crippen molar-refractivity contribution in [1.29, 1.82) is 5.26 Å². The lowest BCUT2D eigenvalue weighted by Gasteiger charge is -2.01. The van der Waals surface area contributed by atoms with E-state index in [9.17, 15) is 19.7 Å². The summed E-state index contributed by atoms with van der Waals surface area (Å²) in [4.78, 5) is 33.0. The first-order valence-corrected chi connectivity index (χ1v) is 6.34. The second kappa shape index (κ2) is 8.09. The van der Waals surface area contributed by atoms with E-state index in [1.807, 2.05) is 0 Å². The van der Waals surface area contributed by atoms with Gasteiger partial charge < -0.3 is 10.5 Å². The summed E-state index contributed by atoms with van der Waals surface area (Å²) in [5.74, 6) is -1.48. The molecule has 0 spiro atoms. The van der Waals surface area contributed by atoms with E-state index in [2.05, 4.69) is 0 Å². The summed E-state index contributed by atoms with van der Waals surface area (Å²) in [6, 6.07) is 7.15. The number of carbonyl (C=O) groups is 2. The van der Waals surface area contributed by atoms with Crippen LogP contribution in [0.4, 0.5) is 5.69 Å². The van der Waals surface area contributed by atoms with Crippen molar-refractivity contribution in [3.05, 3.63) is 57.3 Å². The smallest absolute Gasteiger partial charge is 0.331 e. The van der Waals surface area contributed by atoms with Crippen LogP contribution in [0.25, 0.3) is 6.08 Å². The van der Waals surface area contributed by atoms with Gasteiger partial charge in [0.25, 0.3) is 5.69 Å². The van der Waals surface area contributed by atoms with E-state index >= 15 is 0 Å². The van der Waals surface area contributed by atoms with Crippen molar-refractivity contribution in [3.8, 4) is 6.07 Å². The molecule has 0 saturated heterocycles. The molecule has 0 aliphatic carbocycles. The highest BCUT2D eigenvalue weighted by molar-refractivity contribution is 6.01. The fraction of sp³-hybridized carbons (Fsp3) is 0.133. The first-order chi connectivity index (χ1) is 10.8. The number of hydrogen-bond acceptors (Lipinski definition) is 7. The van der Waals surface area contributed by atoms with Gasteiger partial charge in [-0.05, 0) is 30.7 Å². The number of nitrogens with two attached hydrogens (primary N) is 1. The van der Waals surface area contributed by atoms with Crippen LogP contribution in [0.2, 0.25) is 0 Å². The number of rotatable bonds is 6. The van der Waals surface area contributed by atoms with Crippen LogP contribution in [0.5, 0.6) is 0 Å². The Morgan fingerprint density at radius 1 is 1.39 bits per heavy atom. The quantitative estimate of drug-likeness (QED) is 0.276. The molecular formula is C15H13N3O5. The number of nitrogens with zero attached hydrogens (tertiary/aromatic N) is 2. The van der Waals surface area contributed by atoms with Gasteiger partial charge in [0.1, 0.15) is 11.6 Å². The first-order valence-electron chi connectivity index (χ1n) is 6.34. The van der Waals surface area contributed by atoms with Crippen LogP contribution >= 0.6 is 0 Å². The Kier molecular flexibility index (Phi) is 6.18. The zero-order valence-corrected chi connectivity index (χ0v) is 12.2. The lowest BCUT2D eigenvalue weighted by Crippen LogP contribution is -2.16. The summed E-state index contributed by atoms with van der Waals surface area (Å²) in [6.45, 7) is 0.799. The number of non-ortho nitro benzene ring substituents is 1. The molecule has 0 saturated carbocycles. The third-order valence-electron chi connectivity index (χ3n) is 2.65. The molecule has 1 aromatic carbocycles. The molecule has 1 aromatic rings. The molecule has 23 heavy (non-hydrogen) atoms. The van der Waals surface area contributed by atoms with Gasteiger partial charge in [-0.1, -0.05) is 0 Å². The number of ketones is 1. The zero-order chi connectivity index (χ0) is 17.4. The van der Waals surface area contributed by atoms with Crippen LogP contribution in [0, 0.1) is 21.4 Å². The molecule has 8 nitrogen and oxygen atoms in total. The molecule has 1 rings (SSSR count). The van der Waals surface area contributed by atoms with E-state index in [0.717, 1.165) is 6.08 Å². The van der Waals surface area contributed by atoms with Gasteiger partial charge in [-0.15, -0.1) is 0 Å². The van der Waals surface area contributed by atoms with Gasteiger partial charge in [0.2, 0.25) is 5.78 Å². The van der Waals surface area contributed by atoms with Gasteiger partial charge >= 0.3 is 5.97 Å². The van der Waals surface area contributed by atoms with Gasteiger partial charge in [-0.25, -0.2) is 4.79 Å². The molecule has 0 atom stereocenters. The third-order valence-corrected chi connectivity index (χ3v) is 2.65. The van der Waals surface area contributed by atoms with E-state index in [0.29, 0.717) is 5.56 Å². The third kappa shape index (κ3) is 5.43. The van der Waals surface area contributed by atoms with Crippen molar-refractivity contribution in [2.75, 3.05) is 6.61 Å². The van der Waals surface area contributed by atoms with Crippen LogP contribution in [-0.2, 0) is 14.3 Å². The number of ether oxygens (including phenoxy) is 1. The minimum atomic E-state index is -0.788. The minimum Gasteiger partial charge on any atom is -0.454 e. The van der Waals surface area contributed by atoms with Gasteiger partial charge in [0, 0.05) is 23.9 Å². The second-order valence-electron chi connectivity index (χ2n) is 4.38. The van der Waals surface area contributed by atoms with E-state index in [1.165, 1.54) is 37.3 Å². The molecule has 0 heterocycles. The molecule has 0 aliphatic heterocycles. The largest absolute Gasteiger partial charge is 0.454 e. The highest BCUT2D eigenvalue weighted by Gasteiger charge is 2.13. The van der Waals surface area contributed by atoms with Crippen LogP contribution in [0.1, 0.15) is 12.5 Å². The van der Waals surface area contributed by atoms with Crippen LogP contribution in [0.15, 0.2) is 41.6 Å². The molecule has 2 N–H and O–H groups in total. The van der Waals surface area contributed by atoms with E-state index in [-0.39, 0.29) is 17.0 Å². The molecule has 0 aliphatic rings. The van der Waals surface area contributed by atoms with Gasteiger partial charge in [0.05, 0.1) is 4.92 Å². The Labute approximate surface area is 131 Å². The van der Waals surface area contributed by atoms with E-state index in [1.54, 1.807) is 6.07 Å². The summed E-state index contributed by atoms with van der Waals surface area (Å²) >= 11 is 0. The fourth-order valence-electron chi connectivity index (χ4n) is 1.50. The Morgan fingerprint density at radius 2 is 2.00 bits per heavy atom. The molecule has 0 amide bonds. The number of nitriles is 1. The Balaban J connectivity index is 2.60. The van der Waals surface area contributed by atoms with Crippen LogP contribution in [-0.4, -0.2) is 23.3 Å². The average Bonchev–Trinajstić information content (AvgIpc) is 2.51. The van der Waals surface area contributed by atoms with Crippen molar-refractivity contribution < 1.29 is 19.2 Å². The van der Waals surface area contributed by atoms with Crippen molar-refractivity contribution in [2.45, 2.75) is 6.92 Å². The van der Waals surface area contributed by atoms with E-state index in [4.69, 9.17) is 15.7 Å². The predicted molar refractivity (Wildman–Crippen MR) is 80.6 cm³/mol. The Hall–Kier alpha value is -3.47. The number of Topliss-reactive ketones (excluding diaryl/α,β-unsaturated/α-hetero) is 1. The first kappa shape index (κ1) is 17.6. The maximum Gasteiger partial charge on any atom is 0.331 e. The summed E-state index contributed by atoms with van der Waals surface area (Å²) in [5, 5.41) is 19.2. The molecule has 0 unspecified atom stereocenters. The summed E-state index contributed by atoms with van der Waals surface area (Å²) < 4.78 is 4.70. The monoisotopic (exact) mass is 315 g/mol. The summed E-state index contributed by atoms with van der Waals surface area (Å²) in [7, 11) is 0. The van der Waals surface area contributed by atoms with Crippen molar-refractivity contribution in [2.24, 2.45) is 5.73 Å². The molecular weight excluding hydrogens is 302 g/mol. The Bertz CT molecular complexity index is 722. The van der Waals surface area contributed by atoms with Crippen molar-refractivity contribution in [1.82, 2.24) is 0 Å². The summed E-state index contributed by atoms with van der Waals surface area (Å²) in [6.07, 6.45) is 2.45. The number of esters is 1. The SMILES string of the molecule is C/C(N)=C(\C#N)C(=O)COC(=O)/C=C/c1ccc([N+](=O)[O-])cc1. The maximum atomic E-state index is 11.6. The molecule has 0 fully saturated rings. The molecule has 0 radical (unpaired) electrons. The predicted octanol–water partition coefficient (Wildman–Crippen LogP) is 1.48. The van der Waals surface area contributed by atoms with Crippen molar-refractivity contribution >= 4 is 23.5 Å². The molecule has 8 heteroatoms. The standard InChI is InChI=1S/C15H13N3O5/c1-10(17)13(8-16)14(19)9-23-15(20)7-4-11-2-5-12(6-3-11)18(21)22/h2-7H,9,17H2,1H3/b7-4+,13-10-. The van der Waals surface area contributed by atoms with Gasteiger partial charge in [-0.2, -0.15) is 5.26 Å². The maximum absolute atomic E-state index is 11.6. The number of carbonyl (C=O) groups excluding carboxylic acids is 2. The number of benzene rings is 1. The minimum absolute atomic E-state index is 0.0509. The average molecular weight is 315 g/mol. The molecule has 118 valence electrons. The van der Waals surface area contributed by atoms with Crippen LogP contribution in [0.3, 0.4) is 0 Å². The topological polar surface area (TPSA) is 136 Å². The normalized spacial score (nSPS) is 11.5. The lowest BCUT2D eigenvalue weighted by atomic mass is 10.1. The number of allylic oxidation sites excluding steroid dienone is 1. The molecule has 0 bridgehead atoms. The number of hydrogen-bond donors (Lipinski definition) is 1. The van der Waals surface area contributed by atoms with Gasteiger partial charge in [-0.3, -0.25) is 14.9 Å².